The van der Waals surface area contributed by atoms with Crippen molar-refractivity contribution in [1.29, 1.82) is 0 Å². The summed E-state index contributed by atoms with van der Waals surface area (Å²) in [6.45, 7) is 25.3. The molecule has 2 nitrogen and oxygen atoms in total. The molecule has 0 N–H and O–H groups in total. The number of carbonyl (C=O) groups excluding carboxylic acids is 2. The highest BCUT2D eigenvalue weighted by atomic mass is 16.1. The summed E-state index contributed by atoms with van der Waals surface area (Å²) >= 11 is 0. The van der Waals surface area contributed by atoms with E-state index < -0.39 is 0 Å². The van der Waals surface area contributed by atoms with Crippen LogP contribution in [0.3, 0.4) is 0 Å². The van der Waals surface area contributed by atoms with Crippen LogP contribution in [-0.4, -0.2) is 11.6 Å². The first kappa shape index (κ1) is 35.0. The molecule has 0 amide bonds. The average Bonchev–Trinajstić information content (AvgIpc) is 2.99. The van der Waals surface area contributed by atoms with Gasteiger partial charge in [-0.05, 0) is 88.4 Å². The van der Waals surface area contributed by atoms with Crippen LogP contribution in [0.1, 0.15) is 83.1 Å². The summed E-state index contributed by atoms with van der Waals surface area (Å²) in [5, 5.41) is 6.84. The number of benzene rings is 3. The minimum Gasteiger partial charge on any atom is -0.289 e. The lowest BCUT2D eigenvalue weighted by Crippen LogP contribution is -2.28. The summed E-state index contributed by atoms with van der Waals surface area (Å²) in [6.07, 6.45) is 8.33. The quantitative estimate of drug-likeness (QED) is 0.246. The van der Waals surface area contributed by atoms with E-state index in [2.05, 4.69) is 180 Å². The van der Waals surface area contributed by atoms with Gasteiger partial charge >= 0.3 is 0 Å². The summed E-state index contributed by atoms with van der Waals surface area (Å²) in [7, 11) is 0. The maximum Gasteiger partial charge on any atom is 0.186 e. The largest absolute Gasteiger partial charge is 0.289 e. The van der Waals surface area contributed by atoms with Gasteiger partial charge in [-0.2, -0.15) is 0 Å². The summed E-state index contributed by atoms with van der Waals surface area (Å²) < 4.78 is 0. The Labute approximate surface area is 287 Å². The third kappa shape index (κ3) is 7.24. The standard InChI is InChI=1S/C46H52O2/c1-43(2,3)37-25-35(26-38(41(37)47)44(4,5)6)33-21-17-31(18-22-33)29-13-15-30(16-14-29)32-19-23-34(24-20-32)36-27-39(45(7,8)9)42(48)40(28-36)46(10,11)12/h13-28H,1-12H3. The highest BCUT2D eigenvalue weighted by Gasteiger charge is 2.35. The highest BCUT2D eigenvalue weighted by molar-refractivity contribution is 6.15. The second kappa shape index (κ2) is 12.3. The van der Waals surface area contributed by atoms with E-state index in [0.29, 0.717) is 0 Å². The molecule has 0 aromatic heterocycles. The van der Waals surface area contributed by atoms with Crippen LogP contribution in [0.15, 0.2) is 119 Å². The Kier molecular flexibility index (Phi) is 8.97. The maximum absolute atomic E-state index is 13.4. The van der Waals surface area contributed by atoms with Crippen molar-refractivity contribution in [3.05, 3.63) is 151 Å². The summed E-state index contributed by atoms with van der Waals surface area (Å²) in [6, 6.07) is 26.0. The molecule has 0 saturated carbocycles. The molecule has 3 aromatic carbocycles. The van der Waals surface area contributed by atoms with Crippen molar-refractivity contribution in [2.24, 2.45) is 21.7 Å². The lowest BCUT2D eigenvalue weighted by atomic mass is 9.71. The number of ketones is 2. The minimum atomic E-state index is -0.232. The van der Waals surface area contributed by atoms with Gasteiger partial charge < -0.3 is 0 Å². The molecule has 2 heteroatoms. The van der Waals surface area contributed by atoms with E-state index >= 15 is 0 Å². The third-order valence-electron chi connectivity index (χ3n) is 9.40. The van der Waals surface area contributed by atoms with E-state index in [9.17, 15) is 9.59 Å². The maximum atomic E-state index is 13.4. The molecule has 0 aliphatic heterocycles. The van der Waals surface area contributed by atoms with Crippen molar-refractivity contribution in [3.8, 4) is 0 Å². The summed E-state index contributed by atoms with van der Waals surface area (Å²) in [5.41, 5.74) is 4.70. The van der Waals surface area contributed by atoms with Gasteiger partial charge in [0.2, 0.25) is 0 Å². The van der Waals surface area contributed by atoms with Crippen LogP contribution in [0.4, 0.5) is 0 Å². The van der Waals surface area contributed by atoms with Crippen molar-refractivity contribution < 1.29 is 9.59 Å². The Morgan fingerprint density at radius 3 is 0.625 bits per heavy atom. The van der Waals surface area contributed by atoms with Gasteiger partial charge in [-0.25, -0.2) is 0 Å². The van der Waals surface area contributed by atoms with Crippen molar-refractivity contribution in [3.63, 3.8) is 0 Å². The molecule has 0 spiro atoms. The molecule has 0 heterocycles. The first-order valence-electron chi connectivity index (χ1n) is 17.2. The van der Waals surface area contributed by atoms with Crippen LogP contribution in [-0.2, 0) is 9.59 Å². The van der Waals surface area contributed by atoms with Crippen LogP contribution in [0.25, 0.3) is 11.1 Å². The number of allylic oxidation sites excluding steroid dienone is 8. The molecule has 5 rings (SSSR count). The Bertz CT molecular complexity index is 1970. The topological polar surface area (TPSA) is 34.1 Å². The molecule has 0 fully saturated rings. The lowest BCUT2D eigenvalue weighted by Gasteiger charge is -2.31. The van der Waals surface area contributed by atoms with Gasteiger partial charge in [-0.15, -0.1) is 0 Å². The van der Waals surface area contributed by atoms with Crippen LogP contribution in [0.2, 0.25) is 0 Å². The zero-order valence-corrected chi connectivity index (χ0v) is 31.1. The van der Waals surface area contributed by atoms with Gasteiger partial charge in [0.15, 0.2) is 11.6 Å². The minimum absolute atomic E-state index is 0.160. The number of hydrogen-bond acceptors (Lipinski definition) is 2. The smallest absolute Gasteiger partial charge is 0.186 e. The van der Waals surface area contributed by atoms with E-state index in [4.69, 9.17) is 0 Å². The molecule has 248 valence electrons. The molecule has 0 unspecified atom stereocenters. The predicted molar refractivity (Wildman–Crippen MR) is 201 cm³/mol. The fourth-order valence-electron chi connectivity index (χ4n) is 6.38. The van der Waals surface area contributed by atoms with Gasteiger partial charge in [0, 0.05) is 22.3 Å². The van der Waals surface area contributed by atoms with Gasteiger partial charge in [0.25, 0.3) is 0 Å². The van der Waals surface area contributed by atoms with Crippen LogP contribution in [0.5, 0.6) is 0 Å². The molecular formula is C46H52O2. The monoisotopic (exact) mass is 636 g/mol. The molecule has 0 saturated heterocycles. The molecule has 0 bridgehead atoms. The average molecular weight is 637 g/mol. The van der Waals surface area contributed by atoms with E-state index in [1.165, 1.54) is 0 Å². The molecule has 2 aliphatic rings. The first-order valence-corrected chi connectivity index (χ1v) is 17.2. The van der Waals surface area contributed by atoms with E-state index in [0.717, 1.165) is 64.8 Å². The SMILES string of the molecule is CC(C)(C)C1=CC(=c2ccc(=c3ccc(=c4ccc(=C5C=C(C(C)(C)C)C(=O)C(C(C)(C)C)=C5)cc4)cc3)cc2)C=C(C(C)(C)C)C1=O. The zero-order valence-electron chi connectivity index (χ0n) is 31.1. The Hall–Kier alpha value is -4.30. The Balaban J connectivity index is 1.58. The summed E-state index contributed by atoms with van der Waals surface area (Å²) in [5.74, 6) is 0.319. The van der Waals surface area contributed by atoms with Gasteiger partial charge in [-0.3, -0.25) is 9.59 Å². The van der Waals surface area contributed by atoms with Gasteiger partial charge in [0.1, 0.15) is 0 Å². The zero-order chi connectivity index (χ0) is 35.4. The van der Waals surface area contributed by atoms with Crippen LogP contribution >= 0.6 is 0 Å². The van der Waals surface area contributed by atoms with E-state index in [1.807, 2.05) is 0 Å². The Morgan fingerprint density at radius 1 is 0.292 bits per heavy atom. The third-order valence-corrected chi connectivity index (χ3v) is 9.40. The normalized spacial score (nSPS) is 16.4. The molecule has 0 atom stereocenters. The number of hydrogen-bond donors (Lipinski definition) is 0. The number of carbonyl (C=O) groups is 2. The fraction of sp³-hybridized carbons (Fsp3) is 0.348. The van der Waals surface area contributed by atoms with Crippen molar-refractivity contribution in [2.75, 3.05) is 0 Å². The second-order valence-corrected chi connectivity index (χ2v) is 17.5. The highest BCUT2D eigenvalue weighted by Crippen LogP contribution is 2.40. The molecule has 3 aromatic rings. The second-order valence-electron chi connectivity index (χ2n) is 17.5. The number of rotatable bonds is 0. The van der Waals surface area contributed by atoms with Crippen LogP contribution < -0.4 is 10.4 Å². The van der Waals surface area contributed by atoms with E-state index in [1.54, 1.807) is 0 Å². The molecule has 48 heavy (non-hydrogen) atoms. The first-order chi connectivity index (χ1) is 22.1. The van der Waals surface area contributed by atoms with Crippen molar-refractivity contribution in [1.82, 2.24) is 0 Å². The molecular weight excluding hydrogens is 585 g/mol. The fourth-order valence-corrected chi connectivity index (χ4v) is 6.38. The van der Waals surface area contributed by atoms with E-state index in [-0.39, 0.29) is 33.2 Å². The van der Waals surface area contributed by atoms with Crippen molar-refractivity contribution >= 4 is 22.7 Å². The Morgan fingerprint density at radius 2 is 0.458 bits per heavy atom. The van der Waals surface area contributed by atoms with Gasteiger partial charge in [-0.1, -0.05) is 156 Å². The lowest BCUT2D eigenvalue weighted by molar-refractivity contribution is -0.114. The number of Topliss-reactive ketones (excluding diaryl/α,β-unsaturated/α-hetero) is 2. The van der Waals surface area contributed by atoms with Gasteiger partial charge in [0.05, 0.1) is 0 Å². The van der Waals surface area contributed by atoms with Crippen molar-refractivity contribution in [2.45, 2.75) is 83.1 Å². The summed E-state index contributed by atoms with van der Waals surface area (Å²) in [4.78, 5) is 26.8. The van der Waals surface area contributed by atoms with Crippen LogP contribution in [0, 0.1) is 42.5 Å². The molecule has 2 aliphatic carbocycles. The predicted octanol–water partition coefficient (Wildman–Crippen LogP) is 9.62. The molecule has 0 radical (unpaired) electrons.